The molecule has 0 heterocycles. The fourth-order valence-corrected chi connectivity index (χ4v) is 1.88. The average Bonchev–Trinajstić information content (AvgIpc) is 2.42. The molecule has 19 heavy (non-hydrogen) atoms. The summed E-state index contributed by atoms with van der Waals surface area (Å²) in [5.41, 5.74) is 1.29. The minimum Gasteiger partial charge on any atom is -0.497 e. The summed E-state index contributed by atoms with van der Waals surface area (Å²) in [6.45, 7) is 8.21. The molecule has 3 heteroatoms. The van der Waals surface area contributed by atoms with E-state index in [1.165, 1.54) is 5.56 Å². The molecule has 0 aliphatic carbocycles. The van der Waals surface area contributed by atoms with E-state index in [9.17, 15) is 0 Å². The van der Waals surface area contributed by atoms with Crippen LogP contribution < -0.4 is 10.1 Å². The quantitative estimate of drug-likeness (QED) is 0.693. The van der Waals surface area contributed by atoms with Crippen molar-refractivity contribution in [2.75, 3.05) is 20.3 Å². The highest BCUT2D eigenvalue weighted by atomic mass is 16.5. The molecule has 1 atom stereocenters. The Morgan fingerprint density at radius 2 is 1.74 bits per heavy atom. The minimum atomic E-state index is 0.339. The van der Waals surface area contributed by atoms with Crippen molar-refractivity contribution in [3.8, 4) is 5.75 Å². The van der Waals surface area contributed by atoms with Crippen LogP contribution in [0.2, 0.25) is 0 Å². The van der Waals surface area contributed by atoms with Crippen molar-refractivity contribution in [1.82, 2.24) is 5.32 Å². The Kier molecular flexibility index (Phi) is 7.53. The summed E-state index contributed by atoms with van der Waals surface area (Å²) in [5, 5.41) is 3.53. The lowest BCUT2D eigenvalue weighted by atomic mass is 10.1. The molecule has 1 aromatic carbocycles. The van der Waals surface area contributed by atoms with Gasteiger partial charge in [0.15, 0.2) is 0 Å². The molecule has 1 N–H and O–H groups in total. The largest absolute Gasteiger partial charge is 0.497 e. The molecule has 1 unspecified atom stereocenters. The molecular weight excluding hydrogens is 238 g/mol. The molecule has 1 rings (SSSR count). The zero-order valence-electron chi connectivity index (χ0n) is 12.6. The summed E-state index contributed by atoms with van der Waals surface area (Å²) < 4.78 is 10.7. The summed E-state index contributed by atoms with van der Waals surface area (Å²) in [6.07, 6.45) is 2.60. The lowest BCUT2D eigenvalue weighted by Gasteiger charge is -2.15. The van der Waals surface area contributed by atoms with E-state index in [2.05, 4.69) is 38.2 Å². The van der Waals surface area contributed by atoms with Gasteiger partial charge in [-0.1, -0.05) is 12.1 Å². The Morgan fingerprint density at radius 1 is 1.05 bits per heavy atom. The maximum atomic E-state index is 5.52. The molecule has 0 radical (unpaired) electrons. The van der Waals surface area contributed by atoms with Gasteiger partial charge in [-0.2, -0.15) is 0 Å². The zero-order valence-corrected chi connectivity index (χ0v) is 12.6. The number of methoxy groups -OCH3 is 1. The van der Waals surface area contributed by atoms with Crippen LogP contribution >= 0.6 is 0 Å². The number of benzene rings is 1. The van der Waals surface area contributed by atoms with Gasteiger partial charge in [-0.05, 0) is 57.9 Å². The summed E-state index contributed by atoms with van der Waals surface area (Å²) in [5.74, 6) is 0.904. The normalized spacial score (nSPS) is 12.7. The average molecular weight is 265 g/mol. The van der Waals surface area contributed by atoms with Gasteiger partial charge in [0.05, 0.1) is 13.2 Å². The second kappa shape index (κ2) is 8.94. The number of rotatable bonds is 9. The zero-order chi connectivity index (χ0) is 14.1. The Bertz CT molecular complexity index is 335. The van der Waals surface area contributed by atoms with Crippen molar-refractivity contribution in [2.45, 2.75) is 45.8 Å². The molecule has 0 bridgehead atoms. The lowest BCUT2D eigenvalue weighted by Crippen LogP contribution is -2.20. The van der Waals surface area contributed by atoms with E-state index in [1.807, 2.05) is 12.1 Å². The Hall–Kier alpha value is -1.06. The summed E-state index contributed by atoms with van der Waals surface area (Å²) in [7, 11) is 1.69. The van der Waals surface area contributed by atoms with Crippen molar-refractivity contribution in [1.29, 1.82) is 0 Å². The van der Waals surface area contributed by atoms with Gasteiger partial charge in [0.1, 0.15) is 5.75 Å². The van der Waals surface area contributed by atoms with Gasteiger partial charge in [0.2, 0.25) is 0 Å². The van der Waals surface area contributed by atoms with Gasteiger partial charge in [-0.25, -0.2) is 0 Å². The van der Waals surface area contributed by atoms with Gasteiger partial charge in [-0.15, -0.1) is 0 Å². The van der Waals surface area contributed by atoms with E-state index < -0.39 is 0 Å². The highest BCUT2D eigenvalue weighted by Crippen LogP contribution is 2.17. The number of hydrogen-bond acceptors (Lipinski definition) is 3. The number of ether oxygens (including phenoxy) is 2. The number of nitrogens with one attached hydrogen (secondary N) is 1. The molecule has 0 fully saturated rings. The second-order valence-electron chi connectivity index (χ2n) is 5.08. The third-order valence-electron chi connectivity index (χ3n) is 3.09. The molecule has 0 aromatic heterocycles. The van der Waals surface area contributed by atoms with E-state index in [1.54, 1.807) is 7.11 Å². The van der Waals surface area contributed by atoms with E-state index in [0.29, 0.717) is 12.1 Å². The molecular formula is C16H27NO2. The molecule has 108 valence electrons. The van der Waals surface area contributed by atoms with Crippen molar-refractivity contribution < 1.29 is 9.47 Å². The molecule has 0 aliphatic rings. The van der Waals surface area contributed by atoms with Gasteiger partial charge < -0.3 is 14.8 Å². The second-order valence-corrected chi connectivity index (χ2v) is 5.08. The Morgan fingerprint density at radius 3 is 2.32 bits per heavy atom. The minimum absolute atomic E-state index is 0.339. The van der Waals surface area contributed by atoms with Crippen LogP contribution in [0.5, 0.6) is 5.75 Å². The highest BCUT2D eigenvalue weighted by Gasteiger charge is 2.04. The molecule has 3 nitrogen and oxygen atoms in total. The Labute approximate surface area is 117 Å². The molecule has 0 aliphatic heterocycles. The van der Waals surface area contributed by atoms with Crippen LogP contribution in [0.4, 0.5) is 0 Å². The van der Waals surface area contributed by atoms with E-state index in [0.717, 1.165) is 31.7 Å². The lowest BCUT2D eigenvalue weighted by molar-refractivity contribution is 0.0759. The van der Waals surface area contributed by atoms with Crippen molar-refractivity contribution in [3.05, 3.63) is 29.8 Å². The smallest absolute Gasteiger partial charge is 0.118 e. The van der Waals surface area contributed by atoms with Crippen molar-refractivity contribution >= 4 is 0 Å². The number of unbranched alkanes of at least 4 members (excludes halogenated alkanes) is 1. The van der Waals surface area contributed by atoms with Gasteiger partial charge in [0.25, 0.3) is 0 Å². The maximum Gasteiger partial charge on any atom is 0.118 e. The molecule has 0 saturated carbocycles. The predicted molar refractivity (Wildman–Crippen MR) is 79.7 cm³/mol. The monoisotopic (exact) mass is 265 g/mol. The standard InChI is InChI=1S/C16H27NO2/c1-13(2)19-12-6-5-11-17-14(3)15-7-9-16(18-4)10-8-15/h7-10,13-14,17H,5-6,11-12H2,1-4H3. The SMILES string of the molecule is COc1ccc(C(C)NCCCCOC(C)C)cc1. The first-order valence-electron chi connectivity index (χ1n) is 7.12. The predicted octanol–water partition coefficient (Wildman–Crippen LogP) is 3.55. The topological polar surface area (TPSA) is 30.5 Å². The molecule has 0 amide bonds. The first-order chi connectivity index (χ1) is 9.13. The molecule has 0 spiro atoms. The highest BCUT2D eigenvalue weighted by molar-refractivity contribution is 5.28. The summed E-state index contributed by atoms with van der Waals surface area (Å²) >= 11 is 0. The van der Waals surface area contributed by atoms with Crippen LogP contribution in [0.15, 0.2) is 24.3 Å². The van der Waals surface area contributed by atoms with Gasteiger partial charge in [-0.3, -0.25) is 0 Å². The molecule has 0 saturated heterocycles. The third-order valence-corrected chi connectivity index (χ3v) is 3.09. The van der Waals surface area contributed by atoms with E-state index in [4.69, 9.17) is 9.47 Å². The van der Waals surface area contributed by atoms with E-state index in [-0.39, 0.29) is 0 Å². The van der Waals surface area contributed by atoms with Crippen molar-refractivity contribution in [3.63, 3.8) is 0 Å². The van der Waals surface area contributed by atoms with Crippen LogP contribution in [0.1, 0.15) is 45.2 Å². The fourth-order valence-electron chi connectivity index (χ4n) is 1.88. The summed E-state index contributed by atoms with van der Waals surface area (Å²) in [6, 6.07) is 8.60. The third kappa shape index (κ3) is 6.60. The summed E-state index contributed by atoms with van der Waals surface area (Å²) in [4.78, 5) is 0. The maximum absolute atomic E-state index is 5.52. The number of hydrogen-bond donors (Lipinski definition) is 1. The fraction of sp³-hybridized carbons (Fsp3) is 0.625. The van der Waals surface area contributed by atoms with Gasteiger partial charge in [0, 0.05) is 12.6 Å². The van der Waals surface area contributed by atoms with Crippen LogP contribution in [0.25, 0.3) is 0 Å². The van der Waals surface area contributed by atoms with Crippen LogP contribution in [0, 0.1) is 0 Å². The van der Waals surface area contributed by atoms with Crippen LogP contribution in [-0.4, -0.2) is 26.4 Å². The van der Waals surface area contributed by atoms with Crippen molar-refractivity contribution in [2.24, 2.45) is 0 Å². The van der Waals surface area contributed by atoms with E-state index >= 15 is 0 Å². The first kappa shape index (κ1) is 16.0. The van der Waals surface area contributed by atoms with Crippen LogP contribution in [0.3, 0.4) is 0 Å². The molecule has 1 aromatic rings. The van der Waals surface area contributed by atoms with Gasteiger partial charge >= 0.3 is 0 Å². The first-order valence-corrected chi connectivity index (χ1v) is 7.12. The van der Waals surface area contributed by atoms with Crippen LogP contribution in [-0.2, 0) is 4.74 Å². The Balaban J connectivity index is 2.17.